The largest absolute Gasteiger partial charge is 0.360 e. The van der Waals surface area contributed by atoms with E-state index in [1.807, 2.05) is 0 Å². The van der Waals surface area contributed by atoms with Crippen molar-refractivity contribution in [3.05, 3.63) is 47.2 Å². The first-order valence-corrected chi connectivity index (χ1v) is 6.29. The fraction of sp³-hybridized carbons (Fsp3) is 0.286. The zero-order valence-corrected chi connectivity index (χ0v) is 11.7. The highest BCUT2D eigenvalue weighted by atomic mass is 19.1. The number of carbonyl (C=O) groups is 1. The molecule has 1 heterocycles. The molecule has 0 spiro atoms. The lowest BCUT2D eigenvalue weighted by Crippen LogP contribution is -2.30. The summed E-state index contributed by atoms with van der Waals surface area (Å²) in [5.74, 6) is -0.633. The van der Waals surface area contributed by atoms with E-state index in [0.717, 1.165) is 6.07 Å². The van der Waals surface area contributed by atoms with Crippen LogP contribution in [0.1, 0.15) is 11.3 Å². The fourth-order valence-corrected chi connectivity index (χ4v) is 1.85. The van der Waals surface area contributed by atoms with Gasteiger partial charge in [0, 0.05) is 24.2 Å². The number of anilines is 1. The van der Waals surface area contributed by atoms with Crippen LogP contribution in [0.3, 0.4) is 0 Å². The number of nitrogens with one attached hydrogen (secondary N) is 1. The molecule has 1 aromatic heterocycles. The number of hydrogen-bond acceptors (Lipinski definition) is 4. The van der Waals surface area contributed by atoms with Gasteiger partial charge in [-0.3, -0.25) is 9.69 Å². The van der Waals surface area contributed by atoms with Gasteiger partial charge in [-0.1, -0.05) is 11.2 Å². The Morgan fingerprint density at radius 3 is 2.76 bits per heavy atom. The summed E-state index contributed by atoms with van der Waals surface area (Å²) in [5, 5.41) is 6.21. The number of benzene rings is 1. The van der Waals surface area contributed by atoms with Crippen molar-refractivity contribution in [2.45, 2.75) is 13.5 Å². The first kappa shape index (κ1) is 15.1. The van der Waals surface area contributed by atoms with Gasteiger partial charge in [0.25, 0.3) is 0 Å². The summed E-state index contributed by atoms with van der Waals surface area (Å²) in [7, 11) is 1.66. The summed E-state index contributed by atoms with van der Waals surface area (Å²) in [5.41, 5.74) is 0.323. The van der Waals surface area contributed by atoms with Crippen LogP contribution in [0.15, 0.2) is 28.8 Å². The molecule has 21 heavy (non-hydrogen) atoms. The third-order valence-corrected chi connectivity index (χ3v) is 2.76. The number of amides is 1. The van der Waals surface area contributed by atoms with Gasteiger partial charge in [0.1, 0.15) is 17.4 Å². The minimum Gasteiger partial charge on any atom is -0.360 e. The minimum atomic E-state index is -0.630. The van der Waals surface area contributed by atoms with E-state index in [1.54, 1.807) is 24.9 Å². The molecule has 7 heteroatoms. The molecule has 1 N–H and O–H groups in total. The molecule has 0 radical (unpaired) electrons. The monoisotopic (exact) mass is 295 g/mol. The molecular weight excluding hydrogens is 280 g/mol. The zero-order chi connectivity index (χ0) is 15.4. The molecule has 0 unspecified atom stereocenters. The highest BCUT2D eigenvalue weighted by Crippen LogP contribution is 2.12. The van der Waals surface area contributed by atoms with E-state index in [2.05, 4.69) is 10.5 Å². The predicted octanol–water partition coefficient (Wildman–Crippen LogP) is 2.33. The topological polar surface area (TPSA) is 58.4 Å². The average molecular weight is 295 g/mol. The Kier molecular flexibility index (Phi) is 4.64. The molecule has 0 atom stereocenters. The van der Waals surface area contributed by atoms with E-state index >= 15 is 0 Å². The van der Waals surface area contributed by atoms with Gasteiger partial charge in [-0.2, -0.15) is 0 Å². The second kappa shape index (κ2) is 6.45. The Balaban J connectivity index is 1.89. The Hall–Kier alpha value is -2.28. The number of nitrogens with zero attached hydrogens (tertiary/aromatic N) is 2. The Bertz CT molecular complexity index is 643. The summed E-state index contributed by atoms with van der Waals surface area (Å²) in [4.78, 5) is 13.4. The molecule has 0 saturated carbocycles. The normalized spacial score (nSPS) is 10.9. The van der Waals surface area contributed by atoms with Crippen molar-refractivity contribution in [1.29, 1.82) is 0 Å². The SMILES string of the molecule is Cc1cc(NC(=O)CN(C)Cc2ccc(F)cc2F)no1. The second-order valence-corrected chi connectivity index (χ2v) is 4.78. The highest BCUT2D eigenvalue weighted by Gasteiger charge is 2.12. The van der Waals surface area contributed by atoms with Crippen LogP contribution in [-0.4, -0.2) is 29.6 Å². The maximum absolute atomic E-state index is 13.5. The zero-order valence-electron chi connectivity index (χ0n) is 11.7. The van der Waals surface area contributed by atoms with Gasteiger partial charge in [-0.15, -0.1) is 0 Å². The number of aryl methyl sites for hydroxylation is 1. The first-order chi connectivity index (χ1) is 9.94. The highest BCUT2D eigenvalue weighted by molar-refractivity contribution is 5.91. The van der Waals surface area contributed by atoms with Crippen LogP contribution in [0.4, 0.5) is 14.6 Å². The lowest BCUT2D eigenvalue weighted by Gasteiger charge is -2.16. The number of halogens is 2. The van der Waals surface area contributed by atoms with Crippen molar-refractivity contribution in [1.82, 2.24) is 10.1 Å². The van der Waals surface area contributed by atoms with Crippen molar-refractivity contribution in [2.75, 3.05) is 18.9 Å². The summed E-state index contributed by atoms with van der Waals surface area (Å²) < 4.78 is 31.1. The third kappa shape index (κ3) is 4.35. The second-order valence-electron chi connectivity index (χ2n) is 4.78. The van der Waals surface area contributed by atoms with E-state index in [4.69, 9.17) is 4.52 Å². The van der Waals surface area contributed by atoms with Gasteiger partial charge in [-0.25, -0.2) is 8.78 Å². The van der Waals surface area contributed by atoms with E-state index in [9.17, 15) is 13.6 Å². The summed E-state index contributed by atoms with van der Waals surface area (Å²) in [6.45, 7) is 1.95. The molecule has 0 bridgehead atoms. The molecule has 1 amide bonds. The van der Waals surface area contributed by atoms with Crippen molar-refractivity contribution in [3.63, 3.8) is 0 Å². The Labute approximate surface area is 120 Å². The molecule has 0 aliphatic heterocycles. The number of likely N-dealkylation sites (N-methyl/N-ethyl adjacent to an activating group) is 1. The summed E-state index contributed by atoms with van der Waals surface area (Å²) >= 11 is 0. The molecule has 0 aliphatic carbocycles. The van der Waals surface area contributed by atoms with Gasteiger partial charge < -0.3 is 9.84 Å². The average Bonchev–Trinajstić information content (AvgIpc) is 2.78. The summed E-state index contributed by atoms with van der Waals surface area (Å²) in [6.07, 6.45) is 0. The molecule has 5 nitrogen and oxygen atoms in total. The molecule has 2 aromatic rings. The molecule has 0 saturated heterocycles. The van der Waals surface area contributed by atoms with Crippen LogP contribution < -0.4 is 5.32 Å². The molecule has 0 fully saturated rings. The van der Waals surface area contributed by atoms with Crippen molar-refractivity contribution in [3.8, 4) is 0 Å². The molecule has 0 aliphatic rings. The minimum absolute atomic E-state index is 0.0444. The molecule has 1 aromatic carbocycles. The Morgan fingerprint density at radius 1 is 1.38 bits per heavy atom. The molecule has 112 valence electrons. The predicted molar refractivity (Wildman–Crippen MR) is 72.6 cm³/mol. The van der Waals surface area contributed by atoms with Crippen LogP contribution in [0.5, 0.6) is 0 Å². The smallest absolute Gasteiger partial charge is 0.239 e. The van der Waals surface area contributed by atoms with E-state index in [0.29, 0.717) is 17.1 Å². The standard InChI is InChI=1S/C14H15F2N3O2/c1-9-5-13(18-21-9)17-14(20)8-19(2)7-10-3-4-11(15)6-12(10)16/h3-6H,7-8H2,1-2H3,(H,17,18,20). The van der Waals surface area contributed by atoms with Crippen LogP contribution in [-0.2, 0) is 11.3 Å². The first-order valence-electron chi connectivity index (χ1n) is 6.29. The van der Waals surface area contributed by atoms with Gasteiger partial charge in [0.05, 0.1) is 6.54 Å². The number of aromatic nitrogens is 1. The lowest BCUT2D eigenvalue weighted by atomic mass is 10.2. The summed E-state index contributed by atoms with van der Waals surface area (Å²) in [6, 6.07) is 4.96. The van der Waals surface area contributed by atoms with E-state index in [-0.39, 0.29) is 19.0 Å². The van der Waals surface area contributed by atoms with Crippen molar-refractivity contribution in [2.24, 2.45) is 0 Å². The quantitative estimate of drug-likeness (QED) is 0.919. The van der Waals surface area contributed by atoms with Crippen LogP contribution in [0.25, 0.3) is 0 Å². The number of hydrogen-bond donors (Lipinski definition) is 1. The molecule has 2 rings (SSSR count). The molecular formula is C14H15F2N3O2. The van der Waals surface area contributed by atoms with E-state index in [1.165, 1.54) is 12.1 Å². The number of carbonyl (C=O) groups excluding carboxylic acids is 1. The maximum Gasteiger partial charge on any atom is 0.239 e. The number of rotatable bonds is 5. The van der Waals surface area contributed by atoms with Crippen LogP contribution in [0.2, 0.25) is 0 Å². The van der Waals surface area contributed by atoms with Gasteiger partial charge in [0.15, 0.2) is 5.82 Å². The Morgan fingerprint density at radius 2 is 2.14 bits per heavy atom. The lowest BCUT2D eigenvalue weighted by molar-refractivity contribution is -0.117. The van der Waals surface area contributed by atoms with Crippen molar-refractivity contribution >= 4 is 11.7 Å². The van der Waals surface area contributed by atoms with Gasteiger partial charge in [-0.05, 0) is 20.0 Å². The van der Waals surface area contributed by atoms with Crippen LogP contribution in [0, 0.1) is 18.6 Å². The fourth-order valence-electron chi connectivity index (χ4n) is 1.85. The van der Waals surface area contributed by atoms with Crippen molar-refractivity contribution < 1.29 is 18.1 Å². The maximum atomic E-state index is 13.5. The third-order valence-electron chi connectivity index (χ3n) is 2.76. The van der Waals surface area contributed by atoms with Gasteiger partial charge in [0.2, 0.25) is 5.91 Å². The van der Waals surface area contributed by atoms with Crippen LogP contribution >= 0.6 is 0 Å². The van der Waals surface area contributed by atoms with Gasteiger partial charge >= 0.3 is 0 Å². The van der Waals surface area contributed by atoms with E-state index < -0.39 is 11.6 Å².